The van der Waals surface area contributed by atoms with Gasteiger partial charge in [-0.1, -0.05) is 6.07 Å². The lowest BCUT2D eigenvalue weighted by Crippen LogP contribution is -2.48. The second kappa shape index (κ2) is 7.77. The van der Waals surface area contributed by atoms with Gasteiger partial charge in [0.25, 0.3) is 0 Å². The van der Waals surface area contributed by atoms with Gasteiger partial charge in [0, 0.05) is 38.9 Å². The average Bonchev–Trinajstić information content (AvgIpc) is 3.05. The Balaban J connectivity index is 1.62. The first kappa shape index (κ1) is 20.1. The number of amides is 1. The summed E-state index contributed by atoms with van der Waals surface area (Å²) in [7, 11) is -3.47. The van der Waals surface area contributed by atoms with Crippen molar-refractivity contribution in [2.24, 2.45) is 0 Å². The lowest BCUT2D eigenvalue weighted by molar-refractivity contribution is -0.187. The van der Waals surface area contributed by atoms with Gasteiger partial charge in [-0.25, -0.2) is 8.42 Å². The van der Waals surface area contributed by atoms with Crippen LogP contribution < -0.4 is 4.31 Å². The van der Waals surface area contributed by atoms with E-state index in [9.17, 15) is 13.2 Å². The van der Waals surface area contributed by atoms with Crippen molar-refractivity contribution < 1.29 is 22.7 Å². The Hall–Kier alpha value is -1.64. The number of nitrogens with zero attached hydrogens (tertiary/aromatic N) is 2. The fraction of sp³-hybridized carbons (Fsp3) is 0.632. The Labute approximate surface area is 161 Å². The number of sulfonamides is 1. The van der Waals surface area contributed by atoms with E-state index in [-0.39, 0.29) is 18.9 Å². The van der Waals surface area contributed by atoms with Crippen molar-refractivity contribution in [1.82, 2.24) is 4.90 Å². The molecule has 7 nitrogen and oxygen atoms in total. The van der Waals surface area contributed by atoms with Crippen LogP contribution in [0.1, 0.15) is 30.4 Å². The fourth-order valence-corrected chi connectivity index (χ4v) is 4.52. The van der Waals surface area contributed by atoms with Gasteiger partial charge in [-0.05, 0) is 37.1 Å². The number of likely N-dealkylation sites (tertiary alicyclic amines) is 1. The van der Waals surface area contributed by atoms with Crippen LogP contribution >= 0.6 is 0 Å². The van der Waals surface area contributed by atoms with Gasteiger partial charge in [-0.2, -0.15) is 0 Å². The summed E-state index contributed by atoms with van der Waals surface area (Å²) < 4.78 is 37.2. The van der Waals surface area contributed by atoms with E-state index in [0.29, 0.717) is 44.8 Å². The third-order valence-electron chi connectivity index (χ3n) is 5.40. The van der Waals surface area contributed by atoms with Gasteiger partial charge < -0.3 is 14.4 Å². The molecular formula is C19H28N2O5S. The van der Waals surface area contributed by atoms with Crippen LogP contribution in [0.2, 0.25) is 0 Å². The molecule has 0 atom stereocenters. The van der Waals surface area contributed by atoms with E-state index in [1.54, 1.807) is 11.0 Å². The Kier molecular flexibility index (Phi) is 5.79. The maximum absolute atomic E-state index is 12.6. The van der Waals surface area contributed by atoms with Crippen molar-refractivity contribution in [3.8, 4) is 0 Å². The van der Waals surface area contributed by atoms with Crippen LogP contribution in [0.5, 0.6) is 0 Å². The SMILES string of the molecule is Cc1ccc(N(CCC(=O)N2CCC3(CC2)OCCO3)S(C)(=O)=O)cc1C. The molecule has 2 saturated heterocycles. The van der Waals surface area contributed by atoms with Gasteiger partial charge in [0.15, 0.2) is 5.79 Å². The minimum atomic E-state index is -3.47. The molecule has 1 aromatic carbocycles. The topological polar surface area (TPSA) is 76.2 Å². The number of anilines is 1. The molecule has 0 aliphatic carbocycles. The van der Waals surface area contributed by atoms with Crippen LogP contribution in [-0.2, 0) is 24.3 Å². The lowest BCUT2D eigenvalue weighted by Gasteiger charge is -2.37. The predicted molar refractivity (Wildman–Crippen MR) is 103 cm³/mol. The third kappa shape index (κ3) is 4.62. The first-order valence-electron chi connectivity index (χ1n) is 9.31. The molecule has 0 aromatic heterocycles. The number of hydrogen-bond acceptors (Lipinski definition) is 5. The lowest BCUT2D eigenvalue weighted by atomic mass is 10.0. The molecule has 2 aliphatic heterocycles. The summed E-state index contributed by atoms with van der Waals surface area (Å²) in [4.78, 5) is 14.4. The summed E-state index contributed by atoms with van der Waals surface area (Å²) in [5, 5.41) is 0. The van der Waals surface area contributed by atoms with E-state index in [2.05, 4.69) is 0 Å². The molecule has 0 unspecified atom stereocenters. The van der Waals surface area contributed by atoms with E-state index in [4.69, 9.17) is 9.47 Å². The minimum Gasteiger partial charge on any atom is -0.347 e. The number of rotatable bonds is 5. The summed E-state index contributed by atoms with van der Waals surface area (Å²) in [6.45, 7) is 6.41. The third-order valence-corrected chi connectivity index (χ3v) is 6.59. The number of aryl methyl sites for hydroxylation is 2. The minimum absolute atomic E-state index is 0.0414. The van der Waals surface area contributed by atoms with Crippen LogP contribution in [0.15, 0.2) is 18.2 Å². The summed E-state index contributed by atoms with van der Waals surface area (Å²) >= 11 is 0. The summed E-state index contributed by atoms with van der Waals surface area (Å²) in [5.74, 6) is -0.560. The molecule has 1 aromatic rings. The van der Waals surface area contributed by atoms with Crippen molar-refractivity contribution in [3.05, 3.63) is 29.3 Å². The van der Waals surface area contributed by atoms with Crippen LogP contribution in [0.25, 0.3) is 0 Å². The fourth-order valence-electron chi connectivity index (χ4n) is 3.60. The monoisotopic (exact) mass is 396 g/mol. The van der Waals surface area contributed by atoms with Crippen LogP contribution in [0.4, 0.5) is 5.69 Å². The van der Waals surface area contributed by atoms with Gasteiger partial charge in [-0.15, -0.1) is 0 Å². The standard InChI is InChI=1S/C19H28N2O5S/c1-15-4-5-17(14-16(15)2)21(27(3,23)24)9-6-18(22)20-10-7-19(8-11-20)25-12-13-26-19/h4-5,14H,6-13H2,1-3H3. The largest absolute Gasteiger partial charge is 0.347 e. The van der Waals surface area contributed by atoms with E-state index in [1.165, 1.54) is 10.6 Å². The molecule has 2 aliphatic rings. The zero-order chi connectivity index (χ0) is 19.7. The number of ether oxygens (including phenoxy) is 2. The summed E-state index contributed by atoms with van der Waals surface area (Å²) in [6.07, 6.45) is 2.64. The first-order chi connectivity index (χ1) is 12.7. The van der Waals surface area contributed by atoms with Gasteiger partial charge in [0.2, 0.25) is 15.9 Å². The predicted octanol–water partition coefficient (Wildman–Crippen LogP) is 1.83. The van der Waals surface area contributed by atoms with Gasteiger partial charge in [0.1, 0.15) is 0 Å². The number of piperidine rings is 1. The highest BCUT2D eigenvalue weighted by molar-refractivity contribution is 7.92. The molecule has 1 spiro atoms. The Morgan fingerprint density at radius 2 is 1.78 bits per heavy atom. The molecule has 3 rings (SSSR count). The van der Waals surface area contributed by atoms with Crippen molar-refractivity contribution in [2.75, 3.05) is 43.4 Å². The highest BCUT2D eigenvalue weighted by Crippen LogP contribution is 2.31. The van der Waals surface area contributed by atoms with E-state index in [0.717, 1.165) is 11.1 Å². The van der Waals surface area contributed by atoms with Crippen molar-refractivity contribution >= 4 is 21.6 Å². The zero-order valence-electron chi connectivity index (χ0n) is 16.2. The highest BCUT2D eigenvalue weighted by atomic mass is 32.2. The van der Waals surface area contributed by atoms with E-state index in [1.807, 2.05) is 26.0 Å². The average molecular weight is 397 g/mol. The van der Waals surface area contributed by atoms with Gasteiger partial charge in [-0.3, -0.25) is 9.10 Å². The van der Waals surface area contributed by atoms with Crippen molar-refractivity contribution in [1.29, 1.82) is 0 Å². The Bertz CT molecular complexity index is 792. The van der Waals surface area contributed by atoms with Crippen LogP contribution in [0.3, 0.4) is 0 Å². The number of benzene rings is 1. The highest BCUT2D eigenvalue weighted by Gasteiger charge is 2.40. The Morgan fingerprint density at radius 1 is 1.15 bits per heavy atom. The summed E-state index contributed by atoms with van der Waals surface area (Å²) in [5.41, 5.74) is 2.71. The smallest absolute Gasteiger partial charge is 0.232 e. The second-order valence-corrected chi connectivity index (χ2v) is 9.25. The quantitative estimate of drug-likeness (QED) is 0.759. The molecule has 0 bridgehead atoms. The molecule has 2 heterocycles. The molecule has 1 amide bonds. The first-order valence-corrected chi connectivity index (χ1v) is 11.2. The Morgan fingerprint density at radius 3 is 2.33 bits per heavy atom. The number of carbonyl (C=O) groups excluding carboxylic acids is 1. The van der Waals surface area contributed by atoms with Gasteiger partial charge >= 0.3 is 0 Å². The molecule has 27 heavy (non-hydrogen) atoms. The number of hydrogen-bond donors (Lipinski definition) is 0. The molecule has 0 radical (unpaired) electrons. The molecule has 0 saturated carbocycles. The van der Waals surface area contributed by atoms with Crippen LogP contribution in [-0.4, -0.2) is 64.1 Å². The second-order valence-electron chi connectivity index (χ2n) is 7.34. The molecular weight excluding hydrogens is 368 g/mol. The molecule has 8 heteroatoms. The molecule has 0 N–H and O–H groups in total. The maximum Gasteiger partial charge on any atom is 0.232 e. The normalized spacial score (nSPS) is 19.4. The summed E-state index contributed by atoms with van der Waals surface area (Å²) in [6, 6.07) is 5.53. The van der Waals surface area contributed by atoms with E-state index >= 15 is 0 Å². The van der Waals surface area contributed by atoms with Crippen molar-refractivity contribution in [2.45, 2.75) is 38.9 Å². The number of carbonyl (C=O) groups is 1. The maximum atomic E-state index is 12.6. The van der Waals surface area contributed by atoms with Crippen LogP contribution in [0, 0.1) is 13.8 Å². The van der Waals surface area contributed by atoms with E-state index < -0.39 is 15.8 Å². The zero-order valence-corrected chi connectivity index (χ0v) is 17.0. The molecule has 150 valence electrons. The van der Waals surface area contributed by atoms with Crippen molar-refractivity contribution in [3.63, 3.8) is 0 Å². The molecule has 2 fully saturated rings. The van der Waals surface area contributed by atoms with Gasteiger partial charge in [0.05, 0.1) is 25.2 Å².